The first-order chi connectivity index (χ1) is 15.2. The highest BCUT2D eigenvalue weighted by atomic mass is 16.5. The maximum absolute atomic E-state index is 6.02. The van der Waals surface area contributed by atoms with Gasteiger partial charge in [-0.25, -0.2) is 0 Å². The third-order valence-corrected chi connectivity index (χ3v) is 6.36. The Morgan fingerprint density at radius 3 is 2.52 bits per heavy atom. The van der Waals surface area contributed by atoms with Crippen molar-refractivity contribution < 1.29 is 4.74 Å². The van der Waals surface area contributed by atoms with Gasteiger partial charge in [0.25, 0.3) is 0 Å². The van der Waals surface area contributed by atoms with Crippen molar-refractivity contribution in [3.63, 3.8) is 0 Å². The molecule has 2 aromatic rings. The van der Waals surface area contributed by atoms with Crippen molar-refractivity contribution in [2.45, 2.75) is 71.9 Å². The summed E-state index contributed by atoms with van der Waals surface area (Å²) in [6.07, 6.45) is 7.84. The van der Waals surface area contributed by atoms with E-state index in [2.05, 4.69) is 79.1 Å². The van der Waals surface area contributed by atoms with Gasteiger partial charge in [0.15, 0.2) is 0 Å². The number of ether oxygens (including phenoxy) is 1. The number of hydrogen-bond donors (Lipinski definition) is 0. The van der Waals surface area contributed by atoms with E-state index in [9.17, 15) is 0 Å². The third kappa shape index (κ3) is 7.88. The van der Waals surface area contributed by atoms with Gasteiger partial charge in [-0.15, -0.1) is 0 Å². The van der Waals surface area contributed by atoms with Crippen LogP contribution in [0.2, 0.25) is 0 Å². The van der Waals surface area contributed by atoms with Crippen molar-refractivity contribution in [3.8, 4) is 5.75 Å². The van der Waals surface area contributed by atoms with E-state index in [4.69, 9.17) is 4.74 Å². The molecule has 3 heteroatoms. The summed E-state index contributed by atoms with van der Waals surface area (Å²) < 4.78 is 6.02. The Bertz CT molecular complexity index is 728. The second kappa shape index (κ2) is 12.8. The van der Waals surface area contributed by atoms with Crippen molar-refractivity contribution >= 4 is 5.69 Å². The summed E-state index contributed by atoms with van der Waals surface area (Å²) in [6.45, 7) is 12.4. The van der Waals surface area contributed by atoms with Crippen LogP contribution in [0.4, 0.5) is 5.69 Å². The Morgan fingerprint density at radius 2 is 1.81 bits per heavy atom. The summed E-state index contributed by atoms with van der Waals surface area (Å²) in [5.74, 6) is 1.67. The van der Waals surface area contributed by atoms with E-state index in [0.29, 0.717) is 12.6 Å². The zero-order valence-electron chi connectivity index (χ0n) is 19.9. The molecule has 31 heavy (non-hydrogen) atoms. The van der Waals surface area contributed by atoms with Gasteiger partial charge in [-0.1, -0.05) is 63.9 Å². The van der Waals surface area contributed by atoms with E-state index in [1.807, 2.05) is 6.07 Å². The van der Waals surface area contributed by atoms with Gasteiger partial charge < -0.3 is 14.5 Å². The van der Waals surface area contributed by atoms with E-state index in [1.54, 1.807) is 0 Å². The molecule has 0 spiro atoms. The summed E-state index contributed by atoms with van der Waals surface area (Å²) in [6, 6.07) is 19.8. The molecular weight excluding hydrogens is 380 g/mol. The predicted octanol–water partition coefficient (Wildman–Crippen LogP) is 6.77. The van der Waals surface area contributed by atoms with Crippen molar-refractivity contribution in [1.82, 2.24) is 4.90 Å². The second-order valence-corrected chi connectivity index (χ2v) is 9.45. The molecule has 0 bridgehead atoms. The Hall–Kier alpha value is -2.00. The lowest BCUT2D eigenvalue weighted by molar-refractivity contribution is 0.199. The molecule has 3 rings (SSSR count). The predicted molar refractivity (Wildman–Crippen MR) is 133 cm³/mol. The smallest absolute Gasteiger partial charge is 0.119 e. The van der Waals surface area contributed by atoms with Crippen molar-refractivity contribution in [2.24, 2.45) is 5.92 Å². The van der Waals surface area contributed by atoms with Crippen LogP contribution in [0.3, 0.4) is 0 Å². The number of hydrogen-bond acceptors (Lipinski definition) is 3. The van der Waals surface area contributed by atoms with Gasteiger partial charge >= 0.3 is 0 Å². The van der Waals surface area contributed by atoms with Gasteiger partial charge in [-0.3, -0.25) is 0 Å². The molecule has 1 aliphatic heterocycles. The van der Waals surface area contributed by atoms with E-state index in [0.717, 1.165) is 18.2 Å². The van der Waals surface area contributed by atoms with E-state index < -0.39 is 0 Å². The average Bonchev–Trinajstić information content (AvgIpc) is 2.80. The van der Waals surface area contributed by atoms with Crippen LogP contribution in [0.1, 0.15) is 64.9 Å². The first-order valence-electron chi connectivity index (χ1n) is 12.4. The van der Waals surface area contributed by atoms with Crippen LogP contribution in [0.25, 0.3) is 0 Å². The lowest BCUT2D eigenvalue weighted by Crippen LogP contribution is -2.48. The largest absolute Gasteiger partial charge is 0.489 e. The first kappa shape index (κ1) is 23.7. The quantitative estimate of drug-likeness (QED) is 0.351. The van der Waals surface area contributed by atoms with Crippen molar-refractivity contribution in [1.29, 1.82) is 0 Å². The number of anilines is 1. The maximum atomic E-state index is 6.02. The molecule has 170 valence electrons. The monoisotopic (exact) mass is 422 g/mol. The van der Waals surface area contributed by atoms with Crippen LogP contribution in [0, 0.1) is 5.92 Å². The molecule has 2 aromatic carbocycles. The zero-order valence-corrected chi connectivity index (χ0v) is 19.9. The highest BCUT2D eigenvalue weighted by Gasteiger charge is 2.25. The zero-order chi connectivity index (χ0) is 21.9. The van der Waals surface area contributed by atoms with Crippen LogP contribution >= 0.6 is 0 Å². The molecule has 1 atom stereocenters. The summed E-state index contributed by atoms with van der Waals surface area (Å²) >= 11 is 0. The molecule has 0 amide bonds. The molecule has 0 radical (unpaired) electrons. The van der Waals surface area contributed by atoms with Crippen molar-refractivity contribution in [2.75, 3.05) is 31.1 Å². The van der Waals surface area contributed by atoms with Gasteiger partial charge in [-0.05, 0) is 74.5 Å². The minimum absolute atomic E-state index is 0.616. The van der Waals surface area contributed by atoms with Crippen LogP contribution in [-0.4, -0.2) is 37.1 Å². The lowest BCUT2D eigenvalue weighted by atomic mass is 10.0. The molecule has 1 unspecified atom stereocenters. The van der Waals surface area contributed by atoms with Gasteiger partial charge in [-0.2, -0.15) is 0 Å². The third-order valence-electron chi connectivity index (χ3n) is 6.36. The summed E-state index contributed by atoms with van der Waals surface area (Å²) in [5, 5.41) is 0. The molecule has 0 aliphatic carbocycles. The maximum Gasteiger partial charge on any atom is 0.119 e. The van der Waals surface area contributed by atoms with Gasteiger partial charge in [0.2, 0.25) is 0 Å². The molecule has 0 saturated carbocycles. The van der Waals surface area contributed by atoms with E-state index >= 15 is 0 Å². The number of unbranched alkanes of at least 4 members (excludes halogenated alkanes) is 2. The minimum atomic E-state index is 0.616. The van der Waals surface area contributed by atoms with Crippen LogP contribution in [-0.2, 0) is 6.61 Å². The summed E-state index contributed by atoms with van der Waals surface area (Å²) in [7, 11) is 0. The van der Waals surface area contributed by atoms with E-state index in [-0.39, 0.29) is 0 Å². The molecule has 3 nitrogen and oxygen atoms in total. The molecule has 1 aliphatic rings. The van der Waals surface area contributed by atoms with E-state index in [1.165, 1.54) is 69.4 Å². The fourth-order valence-corrected chi connectivity index (χ4v) is 4.47. The van der Waals surface area contributed by atoms with Crippen molar-refractivity contribution in [3.05, 3.63) is 60.2 Å². The van der Waals surface area contributed by atoms with Gasteiger partial charge in [0.1, 0.15) is 12.4 Å². The Morgan fingerprint density at radius 1 is 1.03 bits per heavy atom. The first-order valence-corrected chi connectivity index (χ1v) is 12.4. The molecule has 1 fully saturated rings. The number of piperidine rings is 1. The standard InChI is InChI=1S/C28H42N2O/c1-4-5-9-19-29-20-10-13-27(22-29)30(21-18-24(2)3)26-14-16-28(17-15-26)31-23-25-11-7-6-8-12-25/h6-8,11-12,14-17,24,27H,4-5,9-10,13,18-23H2,1-3H3. The average molecular weight is 423 g/mol. The minimum Gasteiger partial charge on any atom is -0.489 e. The molecule has 1 heterocycles. The van der Waals surface area contributed by atoms with Crippen LogP contribution < -0.4 is 9.64 Å². The highest BCUT2D eigenvalue weighted by Crippen LogP contribution is 2.27. The van der Waals surface area contributed by atoms with Crippen LogP contribution in [0.15, 0.2) is 54.6 Å². The topological polar surface area (TPSA) is 15.7 Å². The number of rotatable bonds is 12. The summed E-state index contributed by atoms with van der Waals surface area (Å²) in [4.78, 5) is 5.37. The summed E-state index contributed by atoms with van der Waals surface area (Å²) in [5.41, 5.74) is 2.55. The SMILES string of the molecule is CCCCCN1CCCC(N(CCC(C)C)c2ccc(OCc3ccccc3)cc2)C1. The Balaban J connectivity index is 1.63. The molecular formula is C28H42N2O. The fourth-order valence-electron chi connectivity index (χ4n) is 4.47. The number of likely N-dealkylation sites (tertiary alicyclic amines) is 1. The fraction of sp³-hybridized carbons (Fsp3) is 0.571. The number of nitrogens with zero attached hydrogens (tertiary/aromatic N) is 2. The Labute approximate surface area is 190 Å². The highest BCUT2D eigenvalue weighted by molar-refractivity contribution is 5.50. The number of benzene rings is 2. The van der Waals surface area contributed by atoms with Crippen LogP contribution in [0.5, 0.6) is 5.75 Å². The van der Waals surface area contributed by atoms with Gasteiger partial charge in [0, 0.05) is 24.8 Å². The second-order valence-electron chi connectivity index (χ2n) is 9.45. The molecule has 1 saturated heterocycles. The molecule has 0 aromatic heterocycles. The Kier molecular flexibility index (Phi) is 9.74. The van der Waals surface area contributed by atoms with Gasteiger partial charge in [0.05, 0.1) is 0 Å². The molecule has 0 N–H and O–H groups in total. The lowest BCUT2D eigenvalue weighted by Gasteiger charge is -2.41. The normalized spacial score (nSPS) is 17.1.